The Morgan fingerprint density at radius 1 is 1.40 bits per heavy atom. The molecule has 76 valence electrons. The number of allylic oxidation sites excluding steroid dienone is 2. The van der Waals surface area contributed by atoms with E-state index in [0.717, 1.165) is 16.7 Å². The van der Waals surface area contributed by atoms with Gasteiger partial charge in [0.2, 0.25) is 0 Å². The van der Waals surface area contributed by atoms with Gasteiger partial charge >= 0.3 is 5.97 Å². The molecule has 0 saturated carbocycles. The lowest BCUT2D eigenvalue weighted by molar-refractivity contribution is -0.136. The van der Waals surface area contributed by atoms with Crippen LogP contribution in [0.4, 0.5) is 0 Å². The number of hydrogen-bond donors (Lipinski definition) is 0. The molecule has 2 rings (SSSR count). The summed E-state index contributed by atoms with van der Waals surface area (Å²) in [5, 5.41) is 0. The molecule has 0 N–H and O–H groups in total. The molecule has 0 amide bonds. The largest absolute Gasteiger partial charge is 0.466 e. The average Bonchev–Trinajstić information content (AvgIpc) is 2.28. The molecule has 0 aromatic heterocycles. The lowest BCUT2D eigenvalue weighted by Crippen LogP contribution is -2.11. The molecule has 0 radical (unpaired) electrons. The SMILES string of the molecule is C=C1C=C(C(=O)OC)Cc2ccccc21. The molecule has 1 aliphatic rings. The van der Waals surface area contributed by atoms with Crippen LogP contribution in [-0.2, 0) is 16.0 Å². The van der Waals surface area contributed by atoms with E-state index in [0.29, 0.717) is 12.0 Å². The Bertz CT molecular complexity index is 455. The topological polar surface area (TPSA) is 26.3 Å². The number of esters is 1. The fourth-order valence-electron chi connectivity index (χ4n) is 1.79. The Labute approximate surface area is 88.9 Å². The quantitative estimate of drug-likeness (QED) is 0.650. The maximum atomic E-state index is 11.4. The highest BCUT2D eigenvalue weighted by Crippen LogP contribution is 2.28. The maximum absolute atomic E-state index is 11.4. The number of fused-ring (bicyclic) bond motifs is 1. The zero-order chi connectivity index (χ0) is 10.8. The standard InChI is InChI=1S/C13H12O2/c1-9-7-11(13(14)15-2)8-10-5-3-4-6-12(9)10/h3-7H,1,8H2,2H3. The highest BCUT2D eigenvalue weighted by molar-refractivity contribution is 5.95. The summed E-state index contributed by atoms with van der Waals surface area (Å²) in [6.45, 7) is 3.94. The van der Waals surface area contributed by atoms with Gasteiger partial charge in [-0.15, -0.1) is 0 Å². The molecule has 0 atom stereocenters. The van der Waals surface area contributed by atoms with Crippen LogP contribution in [0.25, 0.3) is 5.57 Å². The van der Waals surface area contributed by atoms with E-state index in [1.165, 1.54) is 7.11 Å². The first kappa shape index (κ1) is 9.71. The first-order chi connectivity index (χ1) is 7.22. The summed E-state index contributed by atoms with van der Waals surface area (Å²) in [5.41, 5.74) is 3.79. The minimum Gasteiger partial charge on any atom is -0.466 e. The molecule has 0 heterocycles. The number of methoxy groups -OCH3 is 1. The molecular weight excluding hydrogens is 188 g/mol. The average molecular weight is 200 g/mol. The van der Waals surface area contributed by atoms with Crippen LogP contribution in [0, 0.1) is 0 Å². The second kappa shape index (κ2) is 3.73. The molecule has 1 aromatic carbocycles. The maximum Gasteiger partial charge on any atom is 0.334 e. The molecule has 1 aliphatic carbocycles. The second-order valence-electron chi connectivity index (χ2n) is 3.52. The number of carbonyl (C=O) groups is 1. The first-order valence-corrected chi connectivity index (χ1v) is 4.78. The van der Waals surface area contributed by atoms with Crippen molar-refractivity contribution in [2.45, 2.75) is 6.42 Å². The van der Waals surface area contributed by atoms with Crippen molar-refractivity contribution in [1.82, 2.24) is 0 Å². The molecule has 2 nitrogen and oxygen atoms in total. The molecule has 15 heavy (non-hydrogen) atoms. The van der Waals surface area contributed by atoms with Crippen LogP contribution in [0.3, 0.4) is 0 Å². The monoisotopic (exact) mass is 200 g/mol. The van der Waals surface area contributed by atoms with Gasteiger partial charge in [0.05, 0.1) is 7.11 Å². The fourth-order valence-corrected chi connectivity index (χ4v) is 1.79. The number of ether oxygens (including phenoxy) is 1. The van der Waals surface area contributed by atoms with Gasteiger partial charge in [-0.2, -0.15) is 0 Å². The molecule has 0 fully saturated rings. The number of rotatable bonds is 1. The van der Waals surface area contributed by atoms with Crippen LogP contribution >= 0.6 is 0 Å². The summed E-state index contributed by atoms with van der Waals surface area (Å²) in [5.74, 6) is -0.273. The minimum absolute atomic E-state index is 0.273. The third-order valence-corrected chi connectivity index (χ3v) is 2.54. The lowest BCUT2D eigenvalue weighted by Gasteiger charge is -2.16. The van der Waals surface area contributed by atoms with E-state index in [-0.39, 0.29) is 5.97 Å². The van der Waals surface area contributed by atoms with Crippen LogP contribution < -0.4 is 0 Å². The summed E-state index contributed by atoms with van der Waals surface area (Å²) in [6.07, 6.45) is 2.43. The Kier molecular flexibility index (Phi) is 2.42. The van der Waals surface area contributed by atoms with Crippen molar-refractivity contribution < 1.29 is 9.53 Å². The number of hydrogen-bond acceptors (Lipinski definition) is 2. The van der Waals surface area contributed by atoms with Gasteiger partial charge in [0, 0.05) is 12.0 Å². The van der Waals surface area contributed by atoms with E-state index in [1.807, 2.05) is 24.3 Å². The Morgan fingerprint density at radius 2 is 2.13 bits per heavy atom. The summed E-state index contributed by atoms with van der Waals surface area (Å²) in [4.78, 5) is 11.4. The van der Waals surface area contributed by atoms with Gasteiger partial charge < -0.3 is 4.74 Å². The highest BCUT2D eigenvalue weighted by atomic mass is 16.5. The second-order valence-corrected chi connectivity index (χ2v) is 3.52. The van der Waals surface area contributed by atoms with E-state index in [1.54, 1.807) is 6.08 Å². The fraction of sp³-hybridized carbons (Fsp3) is 0.154. The normalized spacial score (nSPS) is 14.2. The molecule has 0 spiro atoms. The Morgan fingerprint density at radius 3 is 2.87 bits per heavy atom. The molecular formula is C13H12O2. The molecule has 2 heteroatoms. The zero-order valence-electron chi connectivity index (χ0n) is 8.62. The third kappa shape index (κ3) is 1.71. The van der Waals surface area contributed by atoms with Crippen molar-refractivity contribution in [3.05, 3.63) is 53.6 Å². The zero-order valence-corrected chi connectivity index (χ0v) is 8.62. The summed E-state index contributed by atoms with van der Waals surface area (Å²) in [6, 6.07) is 7.96. The van der Waals surface area contributed by atoms with Crippen molar-refractivity contribution in [3.8, 4) is 0 Å². The summed E-state index contributed by atoms with van der Waals surface area (Å²) in [7, 11) is 1.40. The Hall–Kier alpha value is -1.83. The van der Waals surface area contributed by atoms with Crippen molar-refractivity contribution in [3.63, 3.8) is 0 Å². The van der Waals surface area contributed by atoms with Crippen LogP contribution in [0.2, 0.25) is 0 Å². The van der Waals surface area contributed by atoms with Crippen LogP contribution in [0.15, 0.2) is 42.5 Å². The molecule has 0 aliphatic heterocycles. The van der Waals surface area contributed by atoms with Gasteiger partial charge in [0.15, 0.2) is 0 Å². The van der Waals surface area contributed by atoms with Crippen molar-refractivity contribution in [1.29, 1.82) is 0 Å². The molecule has 0 unspecified atom stereocenters. The van der Waals surface area contributed by atoms with Crippen LogP contribution in [-0.4, -0.2) is 13.1 Å². The molecule has 1 aromatic rings. The summed E-state index contributed by atoms with van der Waals surface area (Å²) < 4.78 is 4.70. The van der Waals surface area contributed by atoms with Crippen LogP contribution in [0.5, 0.6) is 0 Å². The van der Waals surface area contributed by atoms with E-state index >= 15 is 0 Å². The van der Waals surface area contributed by atoms with E-state index in [2.05, 4.69) is 6.58 Å². The number of benzene rings is 1. The summed E-state index contributed by atoms with van der Waals surface area (Å²) >= 11 is 0. The van der Waals surface area contributed by atoms with Gasteiger partial charge in [-0.3, -0.25) is 0 Å². The third-order valence-electron chi connectivity index (χ3n) is 2.54. The molecule has 0 bridgehead atoms. The van der Waals surface area contributed by atoms with Gasteiger partial charge in [-0.1, -0.05) is 30.8 Å². The minimum atomic E-state index is -0.273. The van der Waals surface area contributed by atoms with E-state index in [4.69, 9.17) is 4.74 Å². The molecule has 0 saturated heterocycles. The number of carbonyl (C=O) groups excluding carboxylic acids is 1. The van der Waals surface area contributed by atoms with E-state index in [9.17, 15) is 4.79 Å². The first-order valence-electron chi connectivity index (χ1n) is 4.78. The smallest absolute Gasteiger partial charge is 0.334 e. The highest BCUT2D eigenvalue weighted by Gasteiger charge is 2.18. The van der Waals surface area contributed by atoms with Crippen molar-refractivity contribution >= 4 is 11.5 Å². The predicted molar refractivity (Wildman–Crippen MR) is 59.3 cm³/mol. The van der Waals surface area contributed by atoms with Gasteiger partial charge in [0.25, 0.3) is 0 Å². The predicted octanol–water partition coefficient (Wildman–Crippen LogP) is 2.36. The van der Waals surface area contributed by atoms with Crippen molar-refractivity contribution in [2.75, 3.05) is 7.11 Å². The van der Waals surface area contributed by atoms with Gasteiger partial charge in [0.1, 0.15) is 0 Å². The lowest BCUT2D eigenvalue weighted by atomic mass is 9.89. The Balaban J connectivity index is 2.40. The van der Waals surface area contributed by atoms with Gasteiger partial charge in [-0.05, 0) is 22.8 Å². The van der Waals surface area contributed by atoms with Crippen LogP contribution in [0.1, 0.15) is 11.1 Å². The van der Waals surface area contributed by atoms with E-state index < -0.39 is 0 Å². The van der Waals surface area contributed by atoms with Gasteiger partial charge in [-0.25, -0.2) is 4.79 Å². The van der Waals surface area contributed by atoms with Crippen molar-refractivity contribution in [2.24, 2.45) is 0 Å².